The van der Waals surface area contributed by atoms with E-state index in [0.29, 0.717) is 24.4 Å². The van der Waals surface area contributed by atoms with E-state index in [0.717, 1.165) is 5.56 Å². The summed E-state index contributed by atoms with van der Waals surface area (Å²) in [5.41, 5.74) is 2.11. The number of aromatic nitrogens is 1. The van der Waals surface area contributed by atoms with Gasteiger partial charge in [0.25, 0.3) is 0 Å². The van der Waals surface area contributed by atoms with E-state index in [4.69, 9.17) is 4.74 Å². The largest absolute Gasteiger partial charge is 0.445 e. The van der Waals surface area contributed by atoms with Crippen LogP contribution in [0.1, 0.15) is 35.1 Å². The van der Waals surface area contributed by atoms with Gasteiger partial charge in [0.1, 0.15) is 12.3 Å². The Labute approximate surface area is 141 Å². The van der Waals surface area contributed by atoms with Crippen LogP contribution in [-0.4, -0.2) is 23.4 Å². The Bertz CT molecular complexity index is 712. The Morgan fingerprint density at radius 2 is 1.92 bits per heavy atom. The first kappa shape index (κ1) is 17.4. The van der Waals surface area contributed by atoms with Crippen LogP contribution in [0.2, 0.25) is 0 Å². The van der Waals surface area contributed by atoms with E-state index in [1.54, 1.807) is 12.1 Å². The van der Waals surface area contributed by atoms with Gasteiger partial charge in [-0.05, 0) is 30.2 Å². The summed E-state index contributed by atoms with van der Waals surface area (Å²) >= 11 is 0. The second-order valence-corrected chi connectivity index (χ2v) is 5.18. The smallest absolute Gasteiger partial charge is 0.407 e. The minimum atomic E-state index is -0.441. The lowest BCUT2D eigenvalue weighted by Crippen LogP contribution is -2.24. The maximum Gasteiger partial charge on any atom is 0.407 e. The molecule has 0 aliphatic rings. The van der Waals surface area contributed by atoms with Gasteiger partial charge in [0.15, 0.2) is 5.78 Å². The molecule has 1 heterocycles. The number of amides is 1. The zero-order valence-corrected chi connectivity index (χ0v) is 13.6. The maximum atomic E-state index is 11.6. The first-order valence-corrected chi connectivity index (χ1v) is 7.74. The number of nitrogens with one attached hydrogen (secondary N) is 1. The summed E-state index contributed by atoms with van der Waals surface area (Å²) in [5, 5.41) is 2.68. The van der Waals surface area contributed by atoms with Crippen LogP contribution < -0.4 is 5.32 Å². The maximum absolute atomic E-state index is 11.6. The number of pyridine rings is 1. The van der Waals surface area contributed by atoms with Crippen LogP contribution in [0.3, 0.4) is 0 Å². The molecule has 0 fully saturated rings. The van der Waals surface area contributed by atoms with Crippen molar-refractivity contribution in [3.05, 3.63) is 71.6 Å². The highest BCUT2D eigenvalue weighted by Crippen LogP contribution is 2.03. The number of benzene rings is 1. The van der Waals surface area contributed by atoms with Crippen LogP contribution in [0.4, 0.5) is 4.79 Å². The summed E-state index contributed by atoms with van der Waals surface area (Å²) in [7, 11) is 0. The third-order valence-corrected chi connectivity index (χ3v) is 3.21. The molecule has 124 valence electrons. The Morgan fingerprint density at radius 1 is 1.12 bits per heavy atom. The van der Waals surface area contributed by atoms with Crippen molar-refractivity contribution in [2.45, 2.75) is 20.0 Å². The summed E-state index contributed by atoms with van der Waals surface area (Å²) in [6.45, 7) is 2.21. The number of hydrogen-bond donors (Lipinski definition) is 1. The van der Waals surface area contributed by atoms with Crippen molar-refractivity contribution in [2.24, 2.45) is 0 Å². The molecule has 0 saturated heterocycles. The van der Waals surface area contributed by atoms with Gasteiger partial charge in [0.2, 0.25) is 0 Å². The van der Waals surface area contributed by atoms with E-state index in [2.05, 4.69) is 10.3 Å². The zero-order chi connectivity index (χ0) is 17.2. The van der Waals surface area contributed by atoms with E-state index in [-0.39, 0.29) is 12.4 Å². The molecule has 5 nitrogen and oxygen atoms in total. The molecule has 0 unspecified atom stereocenters. The van der Waals surface area contributed by atoms with Crippen LogP contribution in [0, 0.1) is 0 Å². The standard InChI is InChI=1S/C19H20N2O3/c1-15(22)18-12-7-11-17(21-18)10-5-6-13-20-19(23)24-14-16-8-3-2-4-9-16/h2-5,7-12H,6,13-14H2,1H3,(H,20,23). The van der Waals surface area contributed by atoms with Crippen molar-refractivity contribution in [2.75, 3.05) is 6.54 Å². The van der Waals surface area contributed by atoms with Crippen molar-refractivity contribution in [1.82, 2.24) is 10.3 Å². The van der Waals surface area contributed by atoms with Gasteiger partial charge in [-0.1, -0.05) is 42.5 Å². The first-order valence-electron chi connectivity index (χ1n) is 7.74. The third kappa shape index (κ3) is 6.04. The van der Waals surface area contributed by atoms with Crippen molar-refractivity contribution in [1.29, 1.82) is 0 Å². The van der Waals surface area contributed by atoms with Crippen molar-refractivity contribution < 1.29 is 14.3 Å². The molecule has 0 radical (unpaired) electrons. The molecule has 0 aliphatic carbocycles. The summed E-state index contributed by atoms with van der Waals surface area (Å²) < 4.78 is 5.11. The van der Waals surface area contributed by atoms with E-state index >= 15 is 0 Å². The van der Waals surface area contributed by atoms with Crippen molar-refractivity contribution >= 4 is 18.0 Å². The summed E-state index contributed by atoms with van der Waals surface area (Å²) in [6.07, 6.45) is 3.92. The van der Waals surface area contributed by atoms with E-state index in [1.807, 2.05) is 48.6 Å². The molecule has 1 aromatic heterocycles. The van der Waals surface area contributed by atoms with Crippen LogP contribution in [0.5, 0.6) is 0 Å². The van der Waals surface area contributed by atoms with Gasteiger partial charge in [0.05, 0.1) is 5.69 Å². The average Bonchev–Trinajstić information content (AvgIpc) is 2.61. The highest BCUT2D eigenvalue weighted by Gasteiger charge is 2.01. The first-order chi connectivity index (χ1) is 11.6. The van der Waals surface area contributed by atoms with Gasteiger partial charge >= 0.3 is 6.09 Å². The van der Waals surface area contributed by atoms with Gasteiger partial charge in [-0.2, -0.15) is 0 Å². The van der Waals surface area contributed by atoms with Gasteiger partial charge in [0, 0.05) is 13.5 Å². The Balaban J connectivity index is 1.68. The fourth-order valence-corrected chi connectivity index (χ4v) is 1.98. The SMILES string of the molecule is CC(=O)c1cccc(C=CCCNC(=O)OCc2ccccc2)n1. The molecule has 5 heteroatoms. The number of ketones is 1. The quantitative estimate of drug-likeness (QED) is 0.624. The number of carbonyl (C=O) groups excluding carboxylic acids is 2. The number of hydrogen-bond acceptors (Lipinski definition) is 4. The second kappa shape index (κ2) is 9.25. The molecule has 0 bridgehead atoms. The van der Waals surface area contributed by atoms with Crippen molar-refractivity contribution in [3.63, 3.8) is 0 Å². The van der Waals surface area contributed by atoms with Crippen molar-refractivity contribution in [3.8, 4) is 0 Å². The lowest BCUT2D eigenvalue weighted by Gasteiger charge is -2.05. The molecule has 1 N–H and O–H groups in total. The highest BCUT2D eigenvalue weighted by atomic mass is 16.5. The predicted molar refractivity (Wildman–Crippen MR) is 92.5 cm³/mol. The lowest BCUT2D eigenvalue weighted by molar-refractivity contribution is 0.101. The van der Waals surface area contributed by atoms with E-state index in [1.165, 1.54) is 6.92 Å². The Kier molecular flexibility index (Phi) is 6.71. The Hall–Kier alpha value is -2.95. The summed E-state index contributed by atoms with van der Waals surface area (Å²) in [5.74, 6) is -0.0620. The van der Waals surface area contributed by atoms with Gasteiger partial charge in [-0.15, -0.1) is 0 Å². The minimum absolute atomic E-state index is 0.0620. The fraction of sp³-hybridized carbons (Fsp3) is 0.211. The van der Waals surface area contributed by atoms with E-state index in [9.17, 15) is 9.59 Å². The molecule has 0 spiro atoms. The average molecular weight is 324 g/mol. The number of ether oxygens (including phenoxy) is 1. The summed E-state index contributed by atoms with van der Waals surface area (Å²) in [4.78, 5) is 27.0. The number of nitrogens with zero attached hydrogens (tertiary/aromatic N) is 1. The van der Waals surface area contributed by atoms with Crippen LogP contribution in [-0.2, 0) is 11.3 Å². The second-order valence-electron chi connectivity index (χ2n) is 5.18. The molecule has 2 aromatic rings. The molecular formula is C19H20N2O3. The summed E-state index contributed by atoms with van der Waals surface area (Å²) in [6, 6.07) is 14.8. The number of alkyl carbamates (subject to hydrolysis) is 1. The van der Waals surface area contributed by atoms with Gasteiger partial charge in [-0.3, -0.25) is 4.79 Å². The predicted octanol–water partition coefficient (Wildman–Crippen LogP) is 3.61. The molecule has 0 atom stereocenters. The van der Waals surface area contributed by atoms with Crippen LogP contribution in [0.25, 0.3) is 6.08 Å². The van der Waals surface area contributed by atoms with Gasteiger partial charge < -0.3 is 10.1 Å². The van der Waals surface area contributed by atoms with E-state index < -0.39 is 6.09 Å². The lowest BCUT2D eigenvalue weighted by atomic mass is 10.2. The fourth-order valence-electron chi connectivity index (χ4n) is 1.98. The number of rotatable bonds is 7. The zero-order valence-electron chi connectivity index (χ0n) is 13.6. The molecule has 1 amide bonds. The number of carbonyl (C=O) groups is 2. The molecule has 0 aliphatic heterocycles. The third-order valence-electron chi connectivity index (χ3n) is 3.21. The van der Waals surface area contributed by atoms with Crippen LogP contribution >= 0.6 is 0 Å². The molecule has 24 heavy (non-hydrogen) atoms. The minimum Gasteiger partial charge on any atom is -0.445 e. The van der Waals surface area contributed by atoms with Gasteiger partial charge in [-0.25, -0.2) is 9.78 Å². The highest BCUT2D eigenvalue weighted by molar-refractivity contribution is 5.92. The number of Topliss-reactive ketones (excluding diaryl/α,β-unsaturated/α-hetero) is 1. The van der Waals surface area contributed by atoms with Crippen LogP contribution in [0.15, 0.2) is 54.6 Å². The normalized spacial score (nSPS) is 10.5. The molecule has 1 aromatic carbocycles. The monoisotopic (exact) mass is 324 g/mol. The molecular weight excluding hydrogens is 304 g/mol. The molecule has 2 rings (SSSR count). The molecule has 0 saturated carbocycles. The topological polar surface area (TPSA) is 68.3 Å². The Morgan fingerprint density at radius 3 is 2.67 bits per heavy atom.